The first-order chi connectivity index (χ1) is 10.6. The highest BCUT2D eigenvalue weighted by molar-refractivity contribution is 6.29. The second-order valence-corrected chi connectivity index (χ2v) is 6.21. The minimum absolute atomic E-state index is 0.118. The van der Waals surface area contributed by atoms with E-state index < -0.39 is 0 Å². The predicted octanol–water partition coefficient (Wildman–Crippen LogP) is 3.61. The molecule has 0 heterocycles. The quantitative estimate of drug-likeness (QED) is 0.688. The van der Waals surface area contributed by atoms with Crippen LogP contribution in [0.15, 0.2) is 30.3 Å². The molecule has 0 bridgehead atoms. The molecule has 22 heavy (non-hydrogen) atoms. The molecule has 2 aromatic rings. The summed E-state index contributed by atoms with van der Waals surface area (Å²) in [6, 6.07) is 8.42. The Kier molecular flexibility index (Phi) is 2.73. The van der Waals surface area contributed by atoms with E-state index in [1.54, 1.807) is 18.2 Å². The zero-order valence-corrected chi connectivity index (χ0v) is 12.3. The van der Waals surface area contributed by atoms with Crippen molar-refractivity contribution in [2.24, 2.45) is 0 Å². The molecule has 0 fully saturated rings. The van der Waals surface area contributed by atoms with Crippen molar-refractivity contribution in [3.63, 3.8) is 0 Å². The maximum absolute atomic E-state index is 13.0. The number of phenols is 1. The summed E-state index contributed by atoms with van der Waals surface area (Å²) >= 11 is 0. The van der Waals surface area contributed by atoms with Crippen molar-refractivity contribution in [3.8, 4) is 5.75 Å². The molecule has 0 aliphatic heterocycles. The van der Waals surface area contributed by atoms with Gasteiger partial charge < -0.3 is 5.11 Å². The van der Waals surface area contributed by atoms with Crippen LogP contribution in [0.3, 0.4) is 0 Å². The third-order valence-corrected chi connectivity index (χ3v) is 4.90. The van der Waals surface area contributed by atoms with E-state index in [0.717, 1.165) is 24.8 Å². The Hall–Kier alpha value is -2.42. The summed E-state index contributed by atoms with van der Waals surface area (Å²) in [6.45, 7) is 2.12. The van der Waals surface area contributed by atoms with Crippen molar-refractivity contribution < 1.29 is 14.7 Å². The monoisotopic (exact) mass is 292 g/mol. The number of ketones is 2. The van der Waals surface area contributed by atoms with Gasteiger partial charge in [0.2, 0.25) is 0 Å². The number of fused-ring (bicyclic) bond motifs is 4. The van der Waals surface area contributed by atoms with Crippen LogP contribution in [-0.2, 0) is 6.42 Å². The lowest BCUT2D eigenvalue weighted by atomic mass is 9.74. The van der Waals surface area contributed by atoms with Gasteiger partial charge >= 0.3 is 0 Å². The van der Waals surface area contributed by atoms with Crippen molar-refractivity contribution >= 4 is 11.6 Å². The molecular formula is C19H16O3. The fraction of sp³-hybridized carbons (Fsp3) is 0.263. The molecule has 0 saturated carbocycles. The Balaban J connectivity index is 2.04. The van der Waals surface area contributed by atoms with E-state index in [0.29, 0.717) is 16.7 Å². The molecule has 2 aliphatic rings. The molecule has 1 N–H and O–H groups in total. The smallest absolute Gasteiger partial charge is 0.198 e. The summed E-state index contributed by atoms with van der Waals surface area (Å²) in [5, 5.41) is 9.99. The molecule has 0 radical (unpaired) electrons. The minimum atomic E-state index is -0.247. The largest absolute Gasteiger partial charge is 0.507 e. The topological polar surface area (TPSA) is 54.4 Å². The van der Waals surface area contributed by atoms with Crippen LogP contribution in [-0.4, -0.2) is 16.7 Å². The number of carbonyl (C=O) groups is 2. The number of aromatic hydroxyl groups is 1. The molecule has 2 aliphatic carbocycles. The minimum Gasteiger partial charge on any atom is -0.507 e. The third kappa shape index (κ3) is 1.62. The number of benzene rings is 2. The average molecular weight is 292 g/mol. The summed E-state index contributed by atoms with van der Waals surface area (Å²) < 4.78 is 0. The highest BCUT2D eigenvalue weighted by Gasteiger charge is 2.36. The molecule has 1 atom stereocenters. The van der Waals surface area contributed by atoms with Crippen LogP contribution in [0.4, 0.5) is 0 Å². The van der Waals surface area contributed by atoms with Crippen LogP contribution < -0.4 is 0 Å². The molecule has 0 amide bonds. The van der Waals surface area contributed by atoms with Gasteiger partial charge in [-0.3, -0.25) is 9.59 Å². The fourth-order valence-electron chi connectivity index (χ4n) is 3.86. The maximum atomic E-state index is 13.0. The Morgan fingerprint density at radius 1 is 1.00 bits per heavy atom. The molecule has 0 aromatic heterocycles. The van der Waals surface area contributed by atoms with Crippen molar-refractivity contribution in [1.29, 1.82) is 0 Å². The van der Waals surface area contributed by atoms with Crippen LogP contribution >= 0.6 is 0 Å². The molecular weight excluding hydrogens is 276 g/mol. The summed E-state index contributed by atoms with van der Waals surface area (Å²) in [4.78, 5) is 25.7. The SMILES string of the molecule is CC1CCCc2ccc3c(c21)C(=O)c1cccc(O)c1C3=O. The molecule has 3 heteroatoms. The second-order valence-electron chi connectivity index (χ2n) is 6.21. The van der Waals surface area contributed by atoms with Gasteiger partial charge in [0.1, 0.15) is 5.75 Å². The van der Waals surface area contributed by atoms with Gasteiger partial charge in [-0.25, -0.2) is 0 Å². The van der Waals surface area contributed by atoms with Gasteiger partial charge in [0.05, 0.1) is 5.56 Å². The fourth-order valence-corrected chi connectivity index (χ4v) is 3.86. The second kappa shape index (κ2) is 4.54. The normalized spacial score (nSPS) is 19.4. The Morgan fingerprint density at radius 2 is 1.73 bits per heavy atom. The Bertz CT molecular complexity index is 833. The van der Waals surface area contributed by atoms with Crippen LogP contribution in [0.2, 0.25) is 0 Å². The van der Waals surface area contributed by atoms with E-state index in [4.69, 9.17) is 0 Å². The highest BCUT2D eigenvalue weighted by Crippen LogP contribution is 2.40. The lowest BCUT2D eigenvalue weighted by Crippen LogP contribution is -2.25. The van der Waals surface area contributed by atoms with Crippen molar-refractivity contribution in [2.75, 3.05) is 0 Å². The molecule has 0 spiro atoms. The summed E-state index contributed by atoms with van der Waals surface area (Å²) in [5.74, 6) is -0.212. The number of carbonyl (C=O) groups excluding carboxylic acids is 2. The molecule has 0 saturated heterocycles. The van der Waals surface area contributed by atoms with Crippen LogP contribution in [0.5, 0.6) is 5.75 Å². The third-order valence-electron chi connectivity index (χ3n) is 4.90. The lowest BCUT2D eigenvalue weighted by molar-refractivity contribution is 0.0975. The summed E-state index contributed by atoms with van der Waals surface area (Å²) in [7, 11) is 0. The zero-order valence-electron chi connectivity index (χ0n) is 12.3. The van der Waals surface area contributed by atoms with E-state index in [-0.39, 0.29) is 28.8 Å². The number of hydrogen-bond donors (Lipinski definition) is 1. The van der Waals surface area contributed by atoms with Crippen LogP contribution in [0.1, 0.15) is 68.7 Å². The lowest BCUT2D eigenvalue weighted by Gasteiger charge is -2.28. The Morgan fingerprint density at radius 3 is 2.55 bits per heavy atom. The van der Waals surface area contributed by atoms with Gasteiger partial charge in [-0.15, -0.1) is 0 Å². The first-order valence-corrected chi connectivity index (χ1v) is 7.66. The number of phenolic OH excluding ortho intramolecular Hbond substituents is 1. The van der Waals surface area contributed by atoms with E-state index in [2.05, 4.69) is 6.92 Å². The number of hydrogen-bond acceptors (Lipinski definition) is 3. The van der Waals surface area contributed by atoms with Gasteiger partial charge in [0.25, 0.3) is 0 Å². The van der Waals surface area contributed by atoms with E-state index in [1.807, 2.05) is 6.07 Å². The molecule has 1 unspecified atom stereocenters. The van der Waals surface area contributed by atoms with Crippen molar-refractivity contribution in [2.45, 2.75) is 32.1 Å². The van der Waals surface area contributed by atoms with Crippen molar-refractivity contribution in [3.05, 3.63) is 63.7 Å². The molecule has 4 rings (SSSR count). The van der Waals surface area contributed by atoms with Crippen molar-refractivity contribution in [1.82, 2.24) is 0 Å². The first kappa shape index (κ1) is 13.3. The summed E-state index contributed by atoms with van der Waals surface area (Å²) in [5.41, 5.74) is 3.68. The van der Waals surface area contributed by atoms with Crippen LogP contribution in [0.25, 0.3) is 0 Å². The molecule has 2 aromatic carbocycles. The first-order valence-electron chi connectivity index (χ1n) is 7.66. The molecule has 110 valence electrons. The molecule has 3 nitrogen and oxygen atoms in total. The van der Waals surface area contributed by atoms with Gasteiger partial charge in [0, 0.05) is 16.7 Å². The van der Waals surface area contributed by atoms with Crippen LogP contribution in [0, 0.1) is 0 Å². The van der Waals surface area contributed by atoms with E-state index in [9.17, 15) is 14.7 Å². The highest BCUT2D eigenvalue weighted by atomic mass is 16.3. The number of aryl methyl sites for hydroxylation is 1. The van der Waals surface area contributed by atoms with Gasteiger partial charge in [-0.2, -0.15) is 0 Å². The number of rotatable bonds is 0. The zero-order chi connectivity index (χ0) is 15.4. The standard InChI is InChI=1S/C19H16O3/c1-10-4-2-5-11-8-9-13-17(15(10)11)19(22)12-6-3-7-14(20)16(12)18(13)21/h3,6-10,20H,2,4-5H2,1H3. The van der Waals surface area contributed by atoms with Gasteiger partial charge in [-0.05, 0) is 48.4 Å². The Labute approximate surface area is 128 Å². The van der Waals surface area contributed by atoms with E-state index >= 15 is 0 Å². The summed E-state index contributed by atoms with van der Waals surface area (Å²) in [6.07, 6.45) is 3.12. The van der Waals surface area contributed by atoms with Gasteiger partial charge in [-0.1, -0.05) is 25.1 Å². The average Bonchev–Trinajstić information content (AvgIpc) is 2.52. The van der Waals surface area contributed by atoms with Gasteiger partial charge in [0.15, 0.2) is 11.6 Å². The maximum Gasteiger partial charge on any atom is 0.198 e. The van der Waals surface area contributed by atoms with E-state index in [1.165, 1.54) is 11.6 Å². The predicted molar refractivity (Wildman–Crippen MR) is 82.8 cm³/mol.